The summed E-state index contributed by atoms with van der Waals surface area (Å²) in [5, 5.41) is 5.44. The van der Waals surface area contributed by atoms with Crippen LogP contribution in [0.25, 0.3) is 0 Å². The van der Waals surface area contributed by atoms with Gasteiger partial charge in [0.25, 0.3) is 0 Å². The van der Waals surface area contributed by atoms with E-state index < -0.39 is 0 Å². The first-order valence-electron chi connectivity index (χ1n) is 6.80. The number of rotatable bonds is 5. The molecular weight excluding hydrogens is 244 g/mol. The Bertz CT molecular complexity index is 358. The summed E-state index contributed by atoms with van der Waals surface area (Å²) in [6.07, 6.45) is 3.09. The van der Waals surface area contributed by atoms with Gasteiger partial charge in [-0.05, 0) is 50.2 Å². The maximum atomic E-state index is 12.3. The summed E-state index contributed by atoms with van der Waals surface area (Å²) in [7, 11) is 0. The van der Waals surface area contributed by atoms with Gasteiger partial charge in [0.15, 0.2) is 0 Å². The van der Waals surface area contributed by atoms with E-state index in [-0.39, 0.29) is 0 Å². The van der Waals surface area contributed by atoms with Gasteiger partial charge in [-0.2, -0.15) is 0 Å². The molecule has 0 bridgehead atoms. The number of thiophene rings is 1. The van der Waals surface area contributed by atoms with Crippen molar-refractivity contribution in [1.82, 2.24) is 10.2 Å². The van der Waals surface area contributed by atoms with Gasteiger partial charge in [-0.15, -0.1) is 11.3 Å². The molecule has 1 aliphatic heterocycles. The molecule has 18 heavy (non-hydrogen) atoms. The first-order valence-corrected chi connectivity index (χ1v) is 7.68. The van der Waals surface area contributed by atoms with Gasteiger partial charge in [0.2, 0.25) is 5.91 Å². The maximum absolute atomic E-state index is 12.3. The molecule has 1 aliphatic rings. The Morgan fingerprint density at radius 1 is 1.61 bits per heavy atom. The molecule has 0 aromatic carbocycles. The molecule has 1 saturated heterocycles. The van der Waals surface area contributed by atoms with Crippen molar-refractivity contribution in [2.24, 2.45) is 5.92 Å². The van der Waals surface area contributed by atoms with Gasteiger partial charge in [-0.1, -0.05) is 6.07 Å². The van der Waals surface area contributed by atoms with Gasteiger partial charge < -0.3 is 10.2 Å². The van der Waals surface area contributed by atoms with Crippen molar-refractivity contribution in [3.05, 3.63) is 22.4 Å². The fourth-order valence-corrected chi connectivity index (χ4v) is 3.16. The number of nitrogens with one attached hydrogen (secondary N) is 1. The van der Waals surface area contributed by atoms with Crippen LogP contribution in [0.15, 0.2) is 17.5 Å². The van der Waals surface area contributed by atoms with Crippen molar-refractivity contribution < 1.29 is 4.79 Å². The third-order valence-corrected chi connectivity index (χ3v) is 4.38. The Balaban J connectivity index is 1.84. The summed E-state index contributed by atoms with van der Waals surface area (Å²) < 4.78 is 0. The molecule has 0 radical (unpaired) electrons. The number of nitrogens with zero attached hydrogens (tertiary/aromatic N) is 1. The normalized spacial score (nSPS) is 19.7. The van der Waals surface area contributed by atoms with E-state index in [4.69, 9.17) is 0 Å². The third-order valence-electron chi connectivity index (χ3n) is 3.52. The molecule has 1 aromatic heterocycles. The summed E-state index contributed by atoms with van der Waals surface area (Å²) in [4.78, 5) is 15.5. The lowest BCUT2D eigenvalue weighted by Crippen LogP contribution is -2.36. The number of piperidine rings is 1. The number of carbonyl (C=O) groups excluding carboxylic acids is 1. The standard InChI is InChI=1S/C14H22N2OS/c1-2-16(11-13-6-4-8-18-13)14(17)9-12-5-3-7-15-10-12/h4,6,8,12,15H,2-3,5,7,9-11H2,1H3. The van der Waals surface area contributed by atoms with E-state index in [2.05, 4.69) is 23.7 Å². The van der Waals surface area contributed by atoms with Gasteiger partial charge in [-0.3, -0.25) is 4.79 Å². The minimum absolute atomic E-state index is 0.305. The summed E-state index contributed by atoms with van der Waals surface area (Å²) in [6.45, 7) is 5.74. The zero-order chi connectivity index (χ0) is 12.8. The van der Waals surface area contributed by atoms with E-state index >= 15 is 0 Å². The van der Waals surface area contributed by atoms with Gasteiger partial charge >= 0.3 is 0 Å². The largest absolute Gasteiger partial charge is 0.338 e. The molecule has 100 valence electrons. The van der Waals surface area contributed by atoms with E-state index in [1.165, 1.54) is 17.7 Å². The minimum Gasteiger partial charge on any atom is -0.338 e. The molecular formula is C14H22N2OS. The highest BCUT2D eigenvalue weighted by Crippen LogP contribution is 2.17. The Labute approximate surface area is 113 Å². The second-order valence-corrected chi connectivity index (χ2v) is 5.94. The van der Waals surface area contributed by atoms with Crippen LogP contribution < -0.4 is 5.32 Å². The minimum atomic E-state index is 0.305. The topological polar surface area (TPSA) is 32.3 Å². The van der Waals surface area contributed by atoms with Crippen LogP contribution >= 0.6 is 11.3 Å². The van der Waals surface area contributed by atoms with Crippen LogP contribution in [0.1, 0.15) is 31.1 Å². The lowest BCUT2D eigenvalue weighted by molar-refractivity contribution is -0.132. The molecule has 0 saturated carbocycles. The average molecular weight is 266 g/mol. The molecule has 0 spiro atoms. The molecule has 1 aromatic rings. The second kappa shape index (κ2) is 6.90. The highest BCUT2D eigenvalue weighted by molar-refractivity contribution is 7.09. The smallest absolute Gasteiger partial charge is 0.223 e. The Kier molecular flexibility index (Phi) is 5.20. The number of amides is 1. The van der Waals surface area contributed by atoms with Crippen LogP contribution in [0.2, 0.25) is 0 Å². The van der Waals surface area contributed by atoms with Crippen molar-refractivity contribution in [3.8, 4) is 0 Å². The van der Waals surface area contributed by atoms with Crippen LogP contribution in [0, 0.1) is 5.92 Å². The highest BCUT2D eigenvalue weighted by atomic mass is 32.1. The van der Waals surface area contributed by atoms with E-state index in [9.17, 15) is 4.79 Å². The van der Waals surface area contributed by atoms with E-state index in [1.54, 1.807) is 11.3 Å². The second-order valence-electron chi connectivity index (χ2n) is 4.90. The molecule has 1 atom stereocenters. The monoisotopic (exact) mass is 266 g/mol. The zero-order valence-electron chi connectivity index (χ0n) is 11.0. The lowest BCUT2D eigenvalue weighted by Gasteiger charge is -2.26. The fraction of sp³-hybridized carbons (Fsp3) is 0.643. The molecule has 0 aliphatic carbocycles. The molecule has 1 fully saturated rings. The molecule has 1 amide bonds. The van der Waals surface area contributed by atoms with Crippen molar-refractivity contribution in [2.75, 3.05) is 19.6 Å². The number of carbonyl (C=O) groups is 1. The van der Waals surface area contributed by atoms with Crippen molar-refractivity contribution in [2.45, 2.75) is 32.7 Å². The Hall–Kier alpha value is -0.870. The van der Waals surface area contributed by atoms with Crippen molar-refractivity contribution in [3.63, 3.8) is 0 Å². The quantitative estimate of drug-likeness (QED) is 0.888. The van der Waals surface area contributed by atoms with Gasteiger partial charge in [0.05, 0.1) is 6.54 Å². The molecule has 3 nitrogen and oxygen atoms in total. The zero-order valence-corrected chi connectivity index (χ0v) is 11.8. The molecule has 4 heteroatoms. The van der Waals surface area contributed by atoms with Crippen molar-refractivity contribution in [1.29, 1.82) is 0 Å². The fourth-order valence-electron chi connectivity index (χ4n) is 2.44. The van der Waals surface area contributed by atoms with Crippen LogP contribution in [-0.2, 0) is 11.3 Å². The first-order chi connectivity index (χ1) is 8.79. The van der Waals surface area contributed by atoms with Crippen LogP contribution in [0.4, 0.5) is 0 Å². The molecule has 1 unspecified atom stereocenters. The lowest BCUT2D eigenvalue weighted by atomic mass is 9.95. The van der Waals surface area contributed by atoms with E-state index in [0.717, 1.165) is 26.2 Å². The summed E-state index contributed by atoms with van der Waals surface area (Å²) in [6, 6.07) is 4.14. The number of hydrogen-bond acceptors (Lipinski definition) is 3. The van der Waals surface area contributed by atoms with E-state index in [0.29, 0.717) is 18.2 Å². The summed E-state index contributed by atoms with van der Waals surface area (Å²) in [5.41, 5.74) is 0. The van der Waals surface area contributed by atoms with Gasteiger partial charge in [0.1, 0.15) is 0 Å². The van der Waals surface area contributed by atoms with Crippen LogP contribution in [0.3, 0.4) is 0 Å². The summed E-state index contributed by atoms with van der Waals surface area (Å²) in [5.74, 6) is 0.836. The highest BCUT2D eigenvalue weighted by Gasteiger charge is 2.20. The first kappa shape index (κ1) is 13.6. The molecule has 2 rings (SSSR count). The maximum Gasteiger partial charge on any atom is 0.223 e. The van der Waals surface area contributed by atoms with Crippen molar-refractivity contribution >= 4 is 17.2 Å². The van der Waals surface area contributed by atoms with E-state index in [1.807, 2.05) is 11.0 Å². The third kappa shape index (κ3) is 3.82. The number of hydrogen-bond donors (Lipinski definition) is 1. The Morgan fingerprint density at radius 3 is 3.11 bits per heavy atom. The van der Waals surface area contributed by atoms with Crippen LogP contribution in [-0.4, -0.2) is 30.4 Å². The predicted octanol–water partition coefficient (Wildman–Crippen LogP) is 2.49. The predicted molar refractivity (Wildman–Crippen MR) is 75.6 cm³/mol. The molecule has 2 heterocycles. The van der Waals surface area contributed by atoms with Gasteiger partial charge in [-0.25, -0.2) is 0 Å². The van der Waals surface area contributed by atoms with Gasteiger partial charge in [0, 0.05) is 17.8 Å². The van der Waals surface area contributed by atoms with Crippen LogP contribution in [0.5, 0.6) is 0 Å². The molecule has 1 N–H and O–H groups in total. The average Bonchev–Trinajstić information content (AvgIpc) is 2.90. The SMILES string of the molecule is CCN(Cc1cccs1)C(=O)CC1CCCNC1. The summed E-state index contributed by atoms with van der Waals surface area (Å²) >= 11 is 1.72. The Morgan fingerprint density at radius 2 is 2.50 bits per heavy atom.